The summed E-state index contributed by atoms with van der Waals surface area (Å²) >= 11 is 3.39. The van der Waals surface area contributed by atoms with Gasteiger partial charge in [-0.05, 0) is 53.9 Å². The summed E-state index contributed by atoms with van der Waals surface area (Å²) in [6.07, 6.45) is -1.58. The van der Waals surface area contributed by atoms with Crippen molar-refractivity contribution >= 4 is 21.8 Å². The second-order valence-electron chi connectivity index (χ2n) is 7.49. The minimum absolute atomic E-state index is 0.0711. The smallest absolute Gasteiger partial charge is 0.344 e. The predicted molar refractivity (Wildman–Crippen MR) is 124 cm³/mol. The molecule has 3 aromatic carbocycles. The molecular formula is C25H19BrF3N3O. The summed E-state index contributed by atoms with van der Waals surface area (Å²) < 4.78 is 43.0. The fraction of sp³-hybridized carbons (Fsp3) is 0.120. The Morgan fingerprint density at radius 2 is 1.76 bits per heavy atom. The van der Waals surface area contributed by atoms with Gasteiger partial charge in [0, 0.05) is 10.2 Å². The first kappa shape index (κ1) is 22.8. The summed E-state index contributed by atoms with van der Waals surface area (Å²) in [5.74, 6) is -0.344. The number of aromatic nitrogens is 2. The zero-order valence-electron chi connectivity index (χ0n) is 17.5. The molecular weight excluding hydrogens is 495 g/mol. The molecule has 168 valence electrons. The molecule has 0 saturated carbocycles. The number of carbonyl (C=O) groups excluding carboxylic acids is 1. The zero-order chi connectivity index (χ0) is 23.6. The van der Waals surface area contributed by atoms with E-state index in [0.717, 1.165) is 16.1 Å². The highest BCUT2D eigenvalue weighted by molar-refractivity contribution is 9.10. The molecule has 8 heteroatoms. The first-order valence-corrected chi connectivity index (χ1v) is 10.9. The highest BCUT2D eigenvalue weighted by Gasteiger charge is 2.33. The van der Waals surface area contributed by atoms with Crippen molar-refractivity contribution in [2.24, 2.45) is 0 Å². The molecule has 0 aliphatic heterocycles. The van der Waals surface area contributed by atoms with Gasteiger partial charge >= 0.3 is 6.18 Å². The van der Waals surface area contributed by atoms with Crippen LogP contribution in [0.5, 0.6) is 0 Å². The fourth-order valence-electron chi connectivity index (χ4n) is 3.58. The topological polar surface area (TPSA) is 46.9 Å². The van der Waals surface area contributed by atoms with Crippen LogP contribution in [0.4, 0.5) is 13.2 Å². The molecule has 33 heavy (non-hydrogen) atoms. The molecule has 0 aliphatic rings. The molecule has 1 N–H and O–H groups in total. The van der Waals surface area contributed by atoms with Crippen LogP contribution in [-0.2, 0) is 6.18 Å². The lowest BCUT2D eigenvalue weighted by molar-refractivity contribution is -0.137. The zero-order valence-corrected chi connectivity index (χ0v) is 19.1. The number of alkyl halides is 3. The molecule has 4 rings (SSSR count). The maximum Gasteiger partial charge on any atom is 0.417 e. The van der Waals surface area contributed by atoms with E-state index in [2.05, 4.69) is 26.2 Å². The van der Waals surface area contributed by atoms with E-state index in [4.69, 9.17) is 0 Å². The molecule has 4 aromatic rings. The molecule has 0 radical (unpaired) electrons. The average molecular weight is 514 g/mol. The third kappa shape index (κ3) is 5.01. The molecule has 4 nitrogen and oxygen atoms in total. The van der Waals surface area contributed by atoms with E-state index in [0.29, 0.717) is 11.3 Å². The average Bonchev–Trinajstić information content (AvgIpc) is 3.29. The monoisotopic (exact) mass is 513 g/mol. The van der Waals surface area contributed by atoms with Gasteiger partial charge in [0.1, 0.15) is 5.69 Å². The van der Waals surface area contributed by atoms with E-state index in [1.54, 1.807) is 34.9 Å². The van der Waals surface area contributed by atoms with Crippen LogP contribution in [0.15, 0.2) is 89.8 Å². The molecule has 1 aromatic heterocycles. The molecule has 0 aliphatic carbocycles. The Balaban J connectivity index is 1.64. The number of hydrogen-bond donors (Lipinski definition) is 1. The summed E-state index contributed by atoms with van der Waals surface area (Å²) in [5, 5.41) is 2.94. The van der Waals surface area contributed by atoms with Gasteiger partial charge in [0.05, 0.1) is 24.1 Å². The minimum atomic E-state index is -4.48. The molecule has 0 fully saturated rings. The summed E-state index contributed by atoms with van der Waals surface area (Å²) in [7, 11) is 0. The summed E-state index contributed by atoms with van der Waals surface area (Å²) in [5.41, 5.74) is 1.49. The highest BCUT2D eigenvalue weighted by Crippen LogP contribution is 2.37. The molecule has 1 amide bonds. The Bertz CT molecular complexity index is 1280. The van der Waals surface area contributed by atoms with Crippen molar-refractivity contribution in [3.8, 4) is 16.8 Å². The number of rotatable bonds is 5. The summed E-state index contributed by atoms with van der Waals surface area (Å²) in [6.45, 7) is 1.87. The lowest BCUT2D eigenvalue weighted by Crippen LogP contribution is -2.28. The fourth-order valence-corrected chi connectivity index (χ4v) is 3.84. The first-order chi connectivity index (χ1) is 15.7. The van der Waals surface area contributed by atoms with Crippen LogP contribution in [0.25, 0.3) is 16.8 Å². The third-order valence-electron chi connectivity index (χ3n) is 5.26. The van der Waals surface area contributed by atoms with Crippen LogP contribution in [-0.4, -0.2) is 15.5 Å². The second kappa shape index (κ2) is 9.23. The van der Waals surface area contributed by atoms with Gasteiger partial charge in [0.15, 0.2) is 0 Å². The van der Waals surface area contributed by atoms with Crippen molar-refractivity contribution in [3.63, 3.8) is 0 Å². The molecule has 1 unspecified atom stereocenters. The van der Waals surface area contributed by atoms with Crippen molar-refractivity contribution in [3.05, 3.63) is 107 Å². The van der Waals surface area contributed by atoms with Gasteiger partial charge in [0.25, 0.3) is 5.91 Å². The lowest BCUT2D eigenvalue weighted by atomic mass is 9.99. The van der Waals surface area contributed by atoms with Crippen molar-refractivity contribution in [2.45, 2.75) is 19.1 Å². The summed E-state index contributed by atoms with van der Waals surface area (Å²) in [6, 6.07) is 19.4. The van der Waals surface area contributed by atoms with E-state index in [1.807, 2.05) is 31.2 Å². The van der Waals surface area contributed by atoms with Crippen molar-refractivity contribution in [1.82, 2.24) is 14.9 Å². The number of amides is 1. The van der Waals surface area contributed by atoms with Gasteiger partial charge < -0.3 is 5.32 Å². The van der Waals surface area contributed by atoms with Crippen LogP contribution >= 0.6 is 15.9 Å². The van der Waals surface area contributed by atoms with E-state index in [-0.39, 0.29) is 23.2 Å². The Morgan fingerprint density at radius 3 is 2.48 bits per heavy atom. The standard InChI is InChI=1S/C25H19BrF3N3O/c1-16(17-9-11-19(26)12-10-17)31-24(33)23-14-30-15-32(23)20-6-4-5-18(13-20)21-7-2-3-8-22(21)25(27,28)29/h2-16H,1H3,(H,31,33). The molecule has 0 spiro atoms. The van der Waals surface area contributed by atoms with Gasteiger partial charge in [-0.1, -0.05) is 58.4 Å². The van der Waals surface area contributed by atoms with Crippen molar-refractivity contribution < 1.29 is 18.0 Å². The lowest BCUT2D eigenvalue weighted by Gasteiger charge is -2.16. The number of benzene rings is 3. The van der Waals surface area contributed by atoms with Crippen LogP contribution in [0, 0.1) is 0 Å². The largest absolute Gasteiger partial charge is 0.417 e. The number of imidazole rings is 1. The number of carbonyl (C=O) groups is 1. The maximum atomic E-state index is 13.5. The van der Waals surface area contributed by atoms with E-state index >= 15 is 0 Å². The van der Waals surface area contributed by atoms with Gasteiger partial charge in [-0.25, -0.2) is 4.98 Å². The predicted octanol–water partition coefficient (Wildman–Crippen LogP) is 6.81. The maximum absolute atomic E-state index is 13.5. The van der Waals surface area contributed by atoms with Gasteiger partial charge in [-0.15, -0.1) is 0 Å². The molecule has 0 bridgehead atoms. The Morgan fingerprint density at radius 1 is 1.03 bits per heavy atom. The van der Waals surface area contributed by atoms with Crippen LogP contribution < -0.4 is 5.32 Å². The van der Waals surface area contributed by atoms with Crippen LogP contribution in [0.1, 0.15) is 34.6 Å². The molecule has 1 heterocycles. The molecule has 1 atom stereocenters. The Hall–Kier alpha value is -3.39. The van der Waals surface area contributed by atoms with E-state index in [1.165, 1.54) is 24.7 Å². The van der Waals surface area contributed by atoms with Crippen LogP contribution in [0.2, 0.25) is 0 Å². The SMILES string of the molecule is CC(NC(=O)c1cncn1-c1cccc(-c2ccccc2C(F)(F)F)c1)c1ccc(Br)cc1. The quantitative estimate of drug-likeness (QED) is 0.318. The number of nitrogens with zero attached hydrogens (tertiary/aromatic N) is 2. The number of halogens is 4. The van der Waals surface area contributed by atoms with Gasteiger partial charge in [0.2, 0.25) is 0 Å². The van der Waals surface area contributed by atoms with Gasteiger partial charge in [-0.3, -0.25) is 9.36 Å². The van der Waals surface area contributed by atoms with Crippen LogP contribution in [0.3, 0.4) is 0 Å². The second-order valence-corrected chi connectivity index (χ2v) is 8.40. The van der Waals surface area contributed by atoms with Crippen molar-refractivity contribution in [2.75, 3.05) is 0 Å². The number of hydrogen-bond acceptors (Lipinski definition) is 2. The molecule has 0 saturated heterocycles. The third-order valence-corrected chi connectivity index (χ3v) is 5.79. The van der Waals surface area contributed by atoms with Gasteiger partial charge in [-0.2, -0.15) is 13.2 Å². The minimum Gasteiger partial charge on any atom is -0.344 e. The normalized spacial score (nSPS) is 12.4. The van der Waals surface area contributed by atoms with E-state index < -0.39 is 11.7 Å². The van der Waals surface area contributed by atoms with E-state index in [9.17, 15) is 18.0 Å². The Kier molecular flexibility index (Phi) is 6.37. The number of nitrogens with one attached hydrogen (secondary N) is 1. The Labute approximate surface area is 197 Å². The first-order valence-electron chi connectivity index (χ1n) is 10.1. The van der Waals surface area contributed by atoms with Crippen molar-refractivity contribution in [1.29, 1.82) is 0 Å². The highest BCUT2D eigenvalue weighted by atomic mass is 79.9. The summed E-state index contributed by atoms with van der Waals surface area (Å²) in [4.78, 5) is 17.0.